The number of nitrogens with one attached hydrogen (secondary N) is 1. The van der Waals surface area contributed by atoms with E-state index in [0.717, 1.165) is 38.5 Å². The number of rotatable bonds is 40. The van der Waals surface area contributed by atoms with E-state index in [9.17, 15) is 15.0 Å². The van der Waals surface area contributed by atoms with Gasteiger partial charge in [0.25, 0.3) is 0 Å². The normalized spacial score (nSPS) is 13.5. The summed E-state index contributed by atoms with van der Waals surface area (Å²) in [6, 6.07) is -0.649. The second-order valence-electron chi connectivity index (χ2n) is 15.1. The number of aliphatic hydroxyl groups is 2. The maximum atomic E-state index is 12.4. The highest BCUT2D eigenvalue weighted by Gasteiger charge is 2.17. The van der Waals surface area contributed by atoms with E-state index in [1.165, 1.54) is 161 Å². The lowest BCUT2D eigenvalue weighted by atomic mass is 10.0. The molecule has 0 aliphatic rings. The number of carbonyl (C=O) groups is 1. The molecule has 0 saturated carbocycles. The van der Waals surface area contributed by atoms with Crippen molar-refractivity contribution in [3.8, 4) is 0 Å². The SMILES string of the molecule is CCCCC/C=C\C=C/CCCCCCCCCCCCC(=O)NC(CO)C(O)/C=C/CC/C=C/CC/C=C/CCCCCCCCCCCCC. The summed E-state index contributed by atoms with van der Waals surface area (Å²) in [6.07, 6.45) is 60.4. The van der Waals surface area contributed by atoms with E-state index in [-0.39, 0.29) is 12.5 Å². The molecule has 4 nitrogen and oxygen atoms in total. The van der Waals surface area contributed by atoms with Crippen LogP contribution in [-0.4, -0.2) is 34.9 Å². The van der Waals surface area contributed by atoms with Gasteiger partial charge in [-0.25, -0.2) is 0 Å². The Morgan fingerprint density at radius 1 is 0.462 bits per heavy atom. The van der Waals surface area contributed by atoms with Gasteiger partial charge in [-0.05, 0) is 70.6 Å². The van der Waals surface area contributed by atoms with Crippen LogP contribution in [0, 0.1) is 0 Å². The number of allylic oxidation sites excluding steroid dienone is 9. The molecule has 1 amide bonds. The van der Waals surface area contributed by atoms with Gasteiger partial charge in [0.05, 0.1) is 18.8 Å². The van der Waals surface area contributed by atoms with E-state index in [2.05, 4.69) is 67.8 Å². The minimum absolute atomic E-state index is 0.0832. The number of hydrogen-bond acceptors (Lipinski definition) is 3. The van der Waals surface area contributed by atoms with Crippen molar-refractivity contribution in [1.29, 1.82) is 0 Å². The summed E-state index contributed by atoms with van der Waals surface area (Å²) in [5.41, 5.74) is 0. The van der Waals surface area contributed by atoms with Gasteiger partial charge >= 0.3 is 0 Å². The van der Waals surface area contributed by atoms with Crippen LogP contribution in [0.25, 0.3) is 0 Å². The van der Waals surface area contributed by atoms with Crippen molar-refractivity contribution in [2.45, 2.75) is 231 Å². The average Bonchev–Trinajstić information content (AvgIpc) is 3.15. The van der Waals surface area contributed by atoms with Gasteiger partial charge in [0.2, 0.25) is 5.91 Å². The van der Waals surface area contributed by atoms with Gasteiger partial charge in [0.1, 0.15) is 0 Å². The first-order valence-electron chi connectivity index (χ1n) is 22.5. The molecular weight excluding hydrogens is 639 g/mol. The van der Waals surface area contributed by atoms with E-state index < -0.39 is 12.1 Å². The molecule has 4 heteroatoms. The van der Waals surface area contributed by atoms with Crippen molar-refractivity contribution >= 4 is 5.91 Å². The summed E-state index contributed by atoms with van der Waals surface area (Å²) >= 11 is 0. The number of amides is 1. The topological polar surface area (TPSA) is 69.6 Å². The molecular formula is C48H87NO3. The summed E-state index contributed by atoms with van der Waals surface area (Å²) in [4.78, 5) is 12.4. The van der Waals surface area contributed by atoms with Crippen molar-refractivity contribution in [3.05, 3.63) is 60.8 Å². The Hall–Kier alpha value is -1.91. The summed E-state index contributed by atoms with van der Waals surface area (Å²) in [5.74, 6) is -0.0832. The fourth-order valence-corrected chi connectivity index (χ4v) is 6.49. The molecule has 52 heavy (non-hydrogen) atoms. The van der Waals surface area contributed by atoms with Crippen molar-refractivity contribution < 1.29 is 15.0 Å². The number of hydrogen-bond donors (Lipinski definition) is 3. The highest BCUT2D eigenvalue weighted by atomic mass is 16.3. The zero-order valence-corrected chi connectivity index (χ0v) is 34.6. The first kappa shape index (κ1) is 50.1. The molecule has 0 radical (unpaired) electrons. The highest BCUT2D eigenvalue weighted by Crippen LogP contribution is 2.14. The van der Waals surface area contributed by atoms with Crippen LogP contribution < -0.4 is 5.32 Å². The monoisotopic (exact) mass is 726 g/mol. The molecule has 3 N–H and O–H groups in total. The molecule has 2 unspecified atom stereocenters. The standard InChI is InChI=1S/C48H87NO3/c1-3-5-7-9-11-13-15-17-19-21-23-24-26-27-29-31-33-35-37-39-41-43-47(51)46(45-50)49-48(52)44-42-40-38-36-34-32-30-28-25-22-20-18-16-14-12-10-8-6-4-2/h12,14,16,18,26-27,33,35,41,43,46-47,50-51H,3-11,13,15,17,19-25,28-32,34,36-40,42,44-45H2,1-2H3,(H,49,52)/b14-12-,18-16-,27-26+,35-33+,43-41+. The first-order valence-corrected chi connectivity index (χ1v) is 22.5. The predicted molar refractivity (Wildman–Crippen MR) is 230 cm³/mol. The lowest BCUT2D eigenvalue weighted by Crippen LogP contribution is -2.45. The minimum atomic E-state index is -0.873. The second-order valence-corrected chi connectivity index (χ2v) is 15.1. The van der Waals surface area contributed by atoms with Gasteiger partial charge in [0, 0.05) is 6.42 Å². The van der Waals surface area contributed by atoms with Crippen molar-refractivity contribution in [1.82, 2.24) is 5.32 Å². The molecule has 0 aromatic heterocycles. The molecule has 0 spiro atoms. The molecule has 0 aliphatic carbocycles. The Labute approximate surface area is 324 Å². The highest BCUT2D eigenvalue weighted by molar-refractivity contribution is 5.76. The summed E-state index contributed by atoms with van der Waals surface area (Å²) in [7, 11) is 0. The van der Waals surface area contributed by atoms with Gasteiger partial charge in [-0.2, -0.15) is 0 Å². The van der Waals surface area contributed by atoms with Crippen molar-refractivity contribution in [3.63, 3.8) is 0 Å². The van der Waals surface area contributed by atoms with Gasteiger partial charge in [0.15, 0.2) is 0 Å². The maximum absolute atomic E-state index is 12.4. The van der Waals surface area contributed by atoms with Gasteiger partial charge in [-0.15, -0.1) is 0 Å². The lowest BCUT2D eigenvalue weighted by Gasteiger charge is -2.19. The Bertz CT molecular complexity index is 873. The van der Waals surface area contributed by atoms with E-state index in [0.29, 0.717) is 6.42 Å². The second kappa shape index (κ2) is 43.5. The van der Waals surface area contributed by atoms with Crippen LogP contribution in [0.5, 0.6) is 0 Å². The third kappa shape index (κ3) is 39.3. The van der Waals surface area contributed by atoms with Crippen LogP contribution >= 0.6 is 0 Å². The van der Waals surface area contributed by atoms with Crippen LogP contribution in [0.1, 0.15) is 219 Å². The van der Waals surface area contributed by atoms with E-state index >= 15 is 0 Å². The Balaban J connectivity index is 3.65. The summed E-state index contributed by atoms with van der Waals surface area (Å²) in [6.45, 7) is 4.26. The largest absolute Gasteiger partial charge is 0.394 e. The van der Waals surface area contributed by atoms with Crippen LogP contribution in [-0.2, 0) is 4.79 Å². The minimum Gasteiger partial charge on any atom is -0.394 e. The molecule has 0 fully saturated rings. The molecule has 0 aromatic carbocycles. The number of aliphatic hydroxyl groups excluding tert-OH is 2. The van der Waals surface area contributed by atoms with Crippen LogP contribution in [0.3, 0.4) is 0 Å². The molecule has 0 bridgehead atoms. The predicted octanol–water partition coefficient (Wildman–Crippen LogP) is 14.1. The molecule has 0 heterocycles. The molecule has 0 aliphatic heterocycles. The zero-order chi connectivity index (χ0) is 37.8. The Morgan fingerprint density at radius 3 is 1.27 bits per heavy atom. The molecule has 2 atom stereocenters. The smallest absolute Gasteiger partial charge is 0.220 e. The third-order valence-electron chi connectivity index (χ3n) is 9.98. The Morgan fingerprint density at radius 2 is 0.808 bits per heavy atom. The third-order valence-corrected chi connectivity index (χ3v) is 9.98. The maximum Gasteiger partial charge on any atom is 0.220 e. The van der Waals surface area contributed by atoms with Crippen molar-refractivity contribution in [2.24, 2.45) is 0 Å². The van der Waals surface area contributed by atoms with Gasteiger partial charge in [-0.1, -0.05) is 203 Å². The fourth-order valence-electron chi connectivity index (χ4n) is 6.49. The number of unbranched alkanes of at least 4 members (excludes halogenated alkanes) is 26. The average molecular weight is 726 g/mol. The van der Waals surface area contributed by atoms with Gasteiger partial charge < -0.3 is 15.5 Å². The summed E-state index contributed by atoms with van der Waals surface area (Å²) in [5, 5.41) is 23.0. The van der Waals surface area contributed by atoms with Crippen LogP contribution in [0.15, 0.2) is 60.8 Å². The Kier molecular flexibility index (Phi) is 41.9. The van der Waals surface area contributed by atoms with Crippen LogP contribution in [0.4, 0.5) is 0 Å². The van der Waals surface area contributed by atoms with E-state index in [4.69, 9.17) is 0 Å². The summed E-state index contributed by atoms with van der Waals surface area (Å²) < 4.78 is 0. The number of carbonyl (C=O) groups excluding carboxylic acids is 1. The van der Waals surface area contributed by atoms with Crippen LogP contribution in [0.2, 0.25) is 0 Å². The fraction of sp³-hybridized carbons (Fsp3) is 0.771. The lowest BCUT2D eigenvalue weighted by molar-refractivity contribution is -0.123. The van der Waals surface area contributed by atoms with E-state index in [1.54, 1.807) is 6.08 Å². The molecule has 302 valence electrons. The first-order chi connectivity index (χ1) is 25.7. The molecule has 0 saturated heterocycles. The molecule has 0 rings (SSSR count). The molecule has 0 aromatic rings. The quantitative estimate of drug-likeness (QED) is 0.0335. The van der Waals surface area contributed by atoms with Gasteiger partial charge in [-0.3, -0.25) is 4.79 Å². The van der Waals surface area contributed by atoms with E-state index in [1.807, 2.05) is 6.08 Å². The zero-order valence-electron chi connectivity index (χ0n) is 34.6. The van der Waals surface area contributed by atoms with Crippen molar-refractivity contribution in [2.75, 3.05) is 6.61 Å².